The molecule has 6 heteroatoms. The fourth-order valence-corrected chi connectivity index (χ4v) is 3.50. The van der Waals surface area contributed by atoms with Gasteiger partial charge in [0.15, 0.2) is 5.78 Å². The molecule has 0 radical (unpaired) electrons. The van der Waals surface area contributed by atoms with E-state index in [9.17, 15) is 4.79 Å². The second kappa shape index (κ2) is 7.47. The zero-order valence-corrected chi connectivity index (χ0v) is 15.6. The molecule has 0 spiro atoms. The molecule has 2 heterocycles. The lowest BCUT2D eigenvalue weighted by atomic mass is 9.94. The Kier molecular flexibility index (Phi) is 4.88. The van der Waals surface area contributed by atoms with Crippen molar-refractivity contribution in [3.05, 3.63) is 47.7 Å². The number of aryl methyl sites for hydroxylation is 1. The molecular formula is C21H23N3O3. The van der Waals surface area contributed by atoms with Crippen molar-refractivity contribution in [1.82, 2.24) is 15.0 Å². The molecule has 0 aromatic carbocycles. The van der Waals surface area contributed by atoms with Gasteiger partial charge < -0.3 is 9.47 Å². The highest BCUT2D eigenvalue weighted by atomic mass is 16.5. The summed E-state index contributed by atoms with van der Waals surface area (Å²) in [5.41, 5.74) is 2.89. The van der Waals surface area contributed by atoms with Gasteiger partial charge in [-0.25, -0.2) is 4.98 Å². The predicted octanol–water partition coefficient (Wildman–Crippen LogP) is 3.51. The van der Waals surface area contributed by atoms with Gasteiger partial charge in [-0.1, -0.05) is 0 Å². The van der Waals surface area contributed by atoms with E-state index in [0.29, 0.717) is 36.6 Å². The van der Waals surface area contributed by atoms with Crippen LogP contribution >= 0.6 is 0 Å². The monoisotopic (exact) mass is 365 g/mol. The van der Waals surface area contributed by atoms with E-state index in [-0.39, 0.29) is 5.78 Å². The second-order valence-electron chi connectivity index (χ2n) is 7.16. The van der Waals surface area contributed by atoms with E-state index >= 15 is 0 Å². The first-order valence-corrected chi connectivity index (χ1v) is 9.34. The fraction of sp³-hybridized carbons (Fsp3) is 0.429. The first-order valence-electron chi connectivity index (χ1n) is 9.34. The lowest BCUT2D eigenvalue weighted by Crippen LogP contribution is -2.09. The number of ether oxygens (including phenoxy) is 2. The molecule has 2 aliphatic rings. The summed E-state index contributed by atoms with van der Waals surface area (Å²) in [6.45, 7) is 2.43. The maximum absolute atomic E-state index is 11.8. The molecule has 6 nitrogen and oxygen atoms in total. The molecule has 0 bridgehead atoms. The van der Waals surface area contributed by atoms with Gasteiger partial charge in [0.25, 0.3) is 0 Å². The maximum Gasteiger partial charge on any atom is 0.224 e. The van der Waals surface area contributed by atoms with Crippen molar-refractivity contribution in [2.24, 2.45) is 5.92 Å². The van der Waals surface area contributed by atoms with Gasteiger partial charge in [-0.3, -0.25) is 9.78 Å². The minimum absolute atomic E-state index is 0.163. The number of ketones is 1. The molecule has 2 aromatic heterocycles. The fourth-order valence-electron chi connectivity index (χ4n) is 3.50. The molecule has 140 valence electrons. The van der Waals surface area contributed by atoms with Crippen molar-refractivity contribution in [3.63, 3.8) is 0 Å². The number of pyridine rings is 1. The predicted molar refractivity (Wildman–Crippen MR) is 101 cm³/mol. The highest BCUT2D eigenvalue weighted by molar-refractivity contribution is 5.98. The number of rotatable bonds is 6. The Morgan fingerprint density at radius 3 is 2.81 bits per heavy atom. The molecule has 2 atom stereocenters. The second-order valence-corrected chi connectivity index (χ2v) is 7.16. The smallest absolute Gasteiger partial charge is 0.224 e. The summed E-state index contributed by atoms with van der Waals surface area (Å²) < 4.78 is 11.2. The van der Waals surface area contributed by atoms with Crippen LogP contribution in [0.2, 0.25) is 0 Å². The molecule has 1 fully saturated rings. The Morgan fingerprint density at radius 1 is 1.19 bits per heavy atom. The van der Waals surface area contributed by atoms with Crippen LogP contribution in [0.15, 0.2) is 30.6 Å². The van der Waals surface area contributed by atoms with Gasteiger partial charge >= 0.3 is 0 Å². The minimum atomic E-state index is 0.163. The summed E-state index contributed by atoms with van der Waals surface area (Å²) in [5, 5.41) is 0. The Bertz CT molecular complexity index is 877. The molecule has 1 unspecified atom stereocenters. The normalized spacial score (nSPS) is 21.6. The van der Waals surface area contributed by atoms with Crippen LogP contribution in [0.5, 0.6) is 11.6 Å². The van der Waals surface area contributed by atoms with E-state index < -0.39 is 0 Å². The van der Waals surface area contributed by atoms with Crippen LogP contribution < -0.4 is 9.47 Å². The van der Waals surface area contributed by atoms with Gasteiger partial charge in [-0.05, 0) is 50.0 Å². The first kappa shape index (κ1) is 17.6. The minimum Gasteiger partial charge on any atom is -0.495 e. The van der Waals surface area contributed by atoms with E-state index in [1.54, 1.807) is 25.6 Å². The maximum atomic E-state index is 11.8. The van der Waals surface area contributed by atoms with E-state index in [1.807, 2.05) is 19.1 Å². The number of hydrogen-bond acceptors (Lipinski definition) is 6. The summed E-state index contributed by atoms with van der Waals surface area (Å²) in [6, 6.07) is 3.96. The molecule has 0 amide bonds. The third-order valence-corrected chi connectivity index (χ3v) is 5.16. The zero-order chi connectivity index (χ0) is 18.8. The number of allylic oxidation sites excluding steroid dienone is 2. The lowest BCUT2D eigenvalue weighted by molar-refractivity contribution is -0.114. The van der Waals surface area contributed by atoms with E-state index in [2.05, 4.69) is 15.0 Å². The van der Waals surface area contributed by atoms with Gasteiger partial charge in [0.1, 0.15) is 11.6 Å². The van der Waals surface area contributed by atoms with Crippen molar-refractivity contribution in [2.75, 3.05) is 13.7 Å². The van der Waals surface area contributed by atoms with Crippen LogP contribution in [0.3, 0.4) is 0 Å². The molecule has 4 rings (SSSR count). The van der Waals surface area contributed by atoms with Crippen molar-refractivity contribution in [1.29, 1.82) is 0 Å². The van der Waals surface area contributed by atoms with Crippen molar-refractivity contribution in [3.8, 4) is 11.6 Å². The molecule has 1 saturated carbocycles. The number of methoxy groups -OCH3 is 1. The average molecular weight is 365 g/mol. The summed E-state index contributed by atoms with van der Waals surface area (Å²) in [7, 11) is 1.64. The summed E-state index contributed by atoms with van der Waals surface area (Å²) in [4.78, 5) is 25.0. The lowest BCUT2D eigenvalue weighted by Gasteiger charge is -2.15. The SMILES string of the molecule is COc1ccc([C@@H]2CC2COc2nc(C)ncc2C2=CC(=O)CCC2)nc1. The van der Waals surface area contributed by atoms with Gasteiger partial charge in [-0.2, -0.15) is 4.98 Å². The molecule has 0 aliphatic heterocycles. The Morgan fingerprint density at radius 2 is 2.07 bits per heavy atom. The van der Waals surface area contributed by atoms with Gasteiger partial charge in [0.2, 0.25) is 5.88 Å². The number of nitrogens with zero attached hydrogens (tertiary/aromatic N) is 3. The van der Waals surface area contributed by atoms with Crippen molar-refractivity contribution in [2.45, 2.75) is 38.5 Å². The first-order chi connectivity index (χ1) is 13.1. The highest BCUT2D eigenvalue weighted by Crippen LogP contribution is 2.47. The summed E-state index contributed by atoms with van der Waals surface area (Å²) in [6.07, 6.45) is 8.64. The van der Waals surface area contributed by atoms with Crippen LogP contribution in [0.1, 0.15) is 48.7 Å². The largest absolute Gasteiger partial charge is 0.495 e. The van der Waals surface area contributed by atoms with Crippen LogP contribution in [-0.4, -0.2) is 34.5 Å². The highest BCUT2D eigenvalue weighted by Gasteiger charge is 2.40. The molecular weight excluding hydrogens is 342 g/mol. The topological polar surface area (TPSA) is 74.2 Å². The van der Waals surface area contributed by atoms with Crippen LogP contribution in [0.25, 0.3) is 5.57 Å². The summed E-state index contributed by atoms with van der Waals surface area (Å²) >= 11 is 0. The summed E-state index contributed by atoms with van der Waals surface area (Å²) in [5.74, 6) is 3.02. The average Bonchev–Trinajstić information content (AvgIpc) is 3.46. The molecule has 2 aromatic rings. The van der Waals surface area contributed by atoms with Gasteiger partial charge in [-0.15, -0.1) is 0 Å². The van der Waals surface area contributed by atoms with E-state index in [0.717, 1.165) is 41.8 Å². The Labute approximate surface area is 158 Å². The number of aromatic nitrogens is 3. The Hall–Kier alpha value is -2.76. The van der Waals surface area contributed by atoms with Crippen molar-refractivity contribution >= 4 is 11.4 Å². The van der Waals surface area contributed by atoms with Crippen molar-refractivity contribution < 1.29 is 14.3 Å². The standard InChI is InChI=1S/C21H23N3O3/c1-13-22-11-19(14-4-3-5-16(25)8-14)21(24-13)27-12-15-9-18(15)20-7-6-17(26-2)10-23-20/h6-8,10-11,15,18H,3-5,9,12H2,1-2H3/t15?,18-/m1/s1. The molecule has 0 saturated heterocycles. The van der Waals surface area contributed by atoms with Crippen LogP contribution in [-0.2, 0) is 4.79 Å². The van der Waals surface area contributed by atoms with Crippen LogP contribution in [0, 0.1) is 12.8 Å². The third kappa shape index (κ3) is 3.99. The molecule has 2 aliphatic carbocycles. The van der Waals surface area contributed by atoms with Crippen LogP contribution in [0.4, 0.5) is 0 Å². The van der Waals surface area contributed by atoms with E-state index in [1.165, 1.54) is 0 Å². The number of hydrogen-bond donors (Lipinski definition) is 0. The Balaban J connectivity index is 1.44. The molecule has 27 heavy (non-hydrogen) atoms. The van der Waals surface area contributed by atoms with Gasteiger partial charge in [0, 0.05) is 30.1 Å². The quantitative estimate of drug-likeness (QED) is 0.780. The molecule has 0 N–H and O–H groups in total. The number of carbonyl (C=O) groups excluding carboxylic acids is 1. The third-order valence-electron chi connectivity index (χ3n) is 5.16. The van der Waals surface area contributed by atoms with E-state index in [4.69, 9.17) is 9.47 Å². The van der Waals surface area contributed by atoms with Gasteiger partial charge in [0.05, 0.1) is 25.5 Å². The zero-order valence-electron chi connectivity index (χ0n) is 15.6. The number of carbonyl (C=O) groups is 1.